The summed E-state index contributed by atoms with van der Waals surface area (Å²) in [4.78, 5) is 18.8. The molecule has 128 valence electrons. The topological polar surface area (TPSA) is 69.0 Å². The van der Waals surface area contributed by atoms with E-state index in [9.17, 15) is 10.1 Å². The number of pyridine rings is 1. The SMILES string of the molecule is N#Cc1cc(Cl)ccc1N1CCCC(C(=O)Nc2ccc(Br)cn2)C1. The molecule has 0 radical (unpaired) electrons. The lowest BCUT2D eigenvalue weighted by molar-refractivity contribution is -0.120. The van der Waals surface area contributed by atoms with Crippen molar-refractivity contribution in [2.75, 3.05) is 23.3 Å². The summed E-state index contributed by atoms with van der Waals surface area (Å²) < 4.78 is 0.862. The lowest BCUT2D eigenvalue weighted by Gasteiger charge is -2.34. The molecule has 0 aliphatic carbocycles. The van der Waals surface area contributed by atoms with Crippen molar-refractivity contribution in [3.8, 4) is 6.07 Å². The van der Waals surface area contributed by atoms with Crippen molar-refractivity contribution in [2.45, 2.75) is 12.8 Å². The van der Waals surface area contributed by atoms with Gasteiger partial charge in [0, 0.05) is 28.8 Å². The van der Waals surface area contributed by atoms with Crippen LogP contribution in [0.2, 0.25) is 5.02 Å². The minimum Gasteiger partial charge on any atom is -0.370 e. The lowest BCUT2D eigenvalue weighted by atomic mass is 9.96. The first kappa shape index (κ1) is 17.7. The van der Waals surface area contributed by atoms with Crippen molar-refractivity contribution in [1.29, 1.82) is 5.26 Å². The Morgan fingerprint density at radius 1 is 1.40 bits per heavy atom. The summed E-state index contributed by atoms with van der Waals surface area (Å²) in [6.45, 7) is 1.38. The lowest BCUT2D eigenvalue weighted by Crippen LogP contribution is -2.41. The Kier molecular flexibility index (Phi) is 5.57. The third-order valence-corrected chi connectivity index (χ3v) is 4.89. The van der Waals surface area contributed by atoms with E-state index in [1.807, 2.05) is 12.1 Å². The Bertz CT molecular complexity index is 819. The van der Waals surface area contributed by atoms with Crippen molar-refractivity contribution in [1.82, 2.24) is 4.98 Å². The number of piperidine rings is 1. The van der Waals surface area contributed by atoms with Crippen LogP contribution < -0.4 is 10.2 Å². The molecule has 0 bridgehead atoms. The van der Waals surface area contributed by atoms with Gasteiger partial charge in [-0.05, 0) is 59.1 Å². The van der Waals surface area contributed by atoms with Gasteiger partial charge in [-0.15, -0.1) is 0 Å². The predicted molar refractivity (Wildman–Crippen MR) is 102 cm³/mol. The molecule has 0 saturated carbocycles. The first-order chi connectivity index (χ1) is 12.1. The average Bonchev–Trinajstić information content (AvgIpc) is 2.63. The van der Waals surface area contributed by atoms with Crippen molar-refractivity contribution < 1.29 is 4.79 Å². The van der Waals surface area contributed by atoms with Crippen LogP contribution in [0.1, 0.15) is 18.4 Å². The number of carbonyl (C=O) groups excluding carboxylic acids is 1. The van der Waals surface area contributed by atoms with Crippen LogP contribution in [-0.2, 0) is 4.79 Å². The fourth-order valence-electron chi connectivity index (χ4n) is 2.96. The summed E-state index contributed by atoms with van der Waals surface area (Å²) >= 11 is 9.29. The van der Waals surface area contributed by atoms with Crippen LogP contribution in [0.3, 0.4) is 0 Å². The van der Waals surface area contributed by atoms with Gasteiger partial charge in [0.2, 0.25) is 5.91 Å². The standard InChI is InChI=1S/C18H16BrClN4O/c19-14-3-6-17(22-10-14)23-18(25)12-2-1-7-24(11-12)16-5-4-15(20)8-13(16)9-21/h3-6,8,10,12H,1-2,7,11H2,(H,22,23,25). The Morgan fingerprint density at radius 2 is 2.24 bits per heavy atom. The van der Waals surface area contributed by atoms with Gasteiger partial charge >= 0.3 is 0 Å². The van der Waals surface area contributed by atoms with Crippen molar-refractivity contribution >= 4 is 44.9 Å². The fraction of sp³-hybridized carbons (Fsp3) is 0.278. The third-order valence-electron chi connectivity index (χ3n) is 4.19. The van der Waals surface area contributed by atoms with Crippen LogP contribution in [0.4, 0.5) is 11.5 Å². The molecule has 1 aliphatic heterocycles. The molecule has 1 aromatic heterocycles. The van der Waals surface area contributed by atoms with Gasteiger partial charge in [0.15, 0.2) is 0 Å². The Hall–Kier alpha value is -2.10. The summed E-state index contributed by atoms with van der Waals surface area (Å²) in [5.41, 5.74) is 1.36. The maximum absolute atomic E-state index is 12.6. The first-order valence-corrected chi connectivity index (χ1v) is 9.11. The number of benzene rings is 1. The molecule has 3 rings (SSSR count). The normalized spacial score (nSPS) is 17.0. The van der Waals surface area contributed by atoms with E-state index >= 15 is 0 Å². The molecule has 1 saturated heterocycles. The molecule has 1 N–H and O–H groups in total. The number of amides is 1. The minimum absolute atomic E-state index is 0.0491. The van der Waals surface area contributed by atoms with Gasteiger partial charge in [-0.25, -0.2) is 4.98 Å². The van der Waals surface area contributed by atoms with Gasteiger partial charge in [-0.3, -0.25) is 4.79 Å². The molecular formula is C18H16BrClN4O. The number of nitriles is 1. The van der Waals surface area contributed by atoms with Gasteiger partial charge in [0.25, 0.3) is 0 Å². The molecule has 1 aliphatic rings. The molecule has 2 aromatic rings. The number of nitrogens with one attached hydrogen (secondary N) is 1. The quantitative estimate of drug-likeness (QED) is 0.808. The highest BCUT2D eigenvalue weighted by atomic mass is 79.9. The summed E-state index contributed by atoms with van der Waals surface area (Å²) in [6.07, 6.45) is 3.35. The number of carbonyl (C=O) groups is 1. The molecule has 1 amide bonds. The number of rotatable bonds is 3. The van der Waals surface area contributed by atoms with E-state index in [1.165, 1.54) is 0 Å². The predicted octanol–water partition coefficient (Wildman–Crippen LogP) is 4.22. The monoisotopic (exact) mass is 418 g/mol. The molecule has 1 aromatic carbocycles. The van der Waals surface area contributed by atoms with E-state index in [0.717, 1.165) is 29.5 Å². The molecule has 1 fully saturated rings. The maximum Gasteiger partial charge on any atom is 0.230 e. The second kappa shape index (κ2) is 7.85. The third kappa shape index (κ3) is 4.30. The van der Waals surface area contributed by atoms with Crippen LogP contribution >= 0.6 is 27.5 Å². The van der Waals surface area contributed by atoms with Crippen LogP contribution in [0.5, 0.6) is 0 Å². The largest absolute Gasteiger partial charge is 0.370 e. The van der Waals surface area contributed by atoms with Gasteiger partial charge in [0.1, 0.15) is 11.9 Å². The number of anilines is 2. The number of nitrogens with zero attached hydrogens (tertiary/aromatic N) is 3. The second-order valence-electron chi connectivity index (χ2n) is 5.91. The first-order valence-electron chi connectivity index (χ1n) is 7.94. The number of hydrogen-bond donors (Lipinski definition) is 1. The number of halogens is 2. The summed E-state index contributed by atoms with van der Waals surface area (Å²) in [5.74, 6) is 0.336. The fourth-order valence-corrected chi connectivity index (χ4v) is 3.37. The zero-order chi connectivity index (χ0) is 17.8. The zero-order valence-electron chi connectivity index (χ0n) is 13.4. The summed E-state index contributed by atoms with van der Waals surface area (Å²) in [5, 5.41) is 12.7. The summed E-state index contributed by atoms with van der Waals surface area (Å²) in [7, 11) is 0. The van der Waals surface area contributed by atoms with Gasteiger partial charge in [0.05, 0.1) is 17.2 Å². The van der Waals surface area contributed by atoms with Crippen LogP contribution in [0.25, 0.3) is 0 Å². The Balaban J connectivity index is 1.72. The van der Waals surface area contributed by atoms with Crippen molar-refractivity contribution in [3.05, 3.63) is 51.6 Å². The van der Waals surface area contributed by atoms with Gasteiger partial charge in [-0.1, -0.05) is 11.6 Å². The minimum atomic E-state index is -0.151. The zero-order valence-corrected chi connectivity index (χ0v) is 15.7. The second-order valence-corrected chi connectivity index (χ2v) is 7.26. The molecule has 25 heavy (non-hydrogen) atoms. The van der Waals surface area contributed by atoms with Gasteiger partial charge < -0.3 is 10.2 Å². The van der Waals surface area contributed by atoms with Crippen molar-refractivity contribution in [2.24, 2.45) is 5.92 Å². The molecule has 1 unspecified atom stereocenters. The average molecular weight is 420 g/mol. The Morgan fingerprint density at radius 3 is 2.96 bits per heavy atom. The van der Waals surface area contributed by atoms with E-state index in [2.05, 4.69) is 37.2 Å². The highest BCUT2D eigenvalue weighted by molar-refractivity contribution is 9.10. The molecule has 7 heteroatoms. The number of aromatic nitrogens is 1. The highest BCUT2D eigenvalue weighted by Gasteiger charge is 2.27. The van der Waals surface area contributed by atoms with E-state index in [0.29, 0.717) is 22.9 Å². The molecule has 5 nitrogen and oxygen atoms in total. The van der Waals surface area contributed by atoms with E-state index in [-0.39, 0.29) is 11.8 Å². The van der Waals surface area contributed by atoms with E-state index in [4.69, 9.17) is 11.6 Å². The van der Waals surface area contributed by atoms with Gasteiger partial charge in [-0.2, -0.15) is 5.26 Å². The molecular weight excluding hydrogens is 404 g/mol. The Labute approximate surface area is 159 Å². The smallest absolute Gasteiger partial charge is 0.230 e. The maximum atomic E-state index is 12.6. The van der Waals surface area contributed by atoms with E-state index in [1.54, 1.807) is 24.4 Å². The summed E-state index contributed by atoms with van der Waals surface area (Å²) in [6, 6.07) is 11.1. The molecule has 2 heterocycles. The van der Waals surface area contributed by atoms with Crippen LogP contribution in [0, 0.1) is 17.2 Å². The van der Waals surface area contributed by atoms with Crippen molar-refractivity contribution in [3.63, 3.8) is 0 Å². The number of hydrogen-bond acceptors (Lipinski definition) is 4. The van der Waals surface area contributed by atoms with E-state index < -0.39 is 0 Å². The molecule has 0 spiro atoms. The highest BCUT2D eigenvalue weighted by Crippen LogP contribution is 2.28. The van der Waals surface area contributed by atoms with Crippen LogP contribution in [-0.4, -0.2) is 24.0 Å². The molecule has 1 atom stereocenters. The van der Waals surface area contributed by atoms with Crippen LogP contribution in [0.15, 0.2) is 41.0 Å².